The molecule has 4 nitrogen and oxygen atoms in total. The number of carboxylic acid groups (broad SMARTS) is 1. The number of carboxylic acids is 1. The topological polar surface area (TPSA) is 77.8 Å². The quantitative estimate of drug-likeness (QED) is 0.542. The lowest BCUT2D eigenvalue weighted by molar-refractivity contribution is -0.136. The smallest absolute Gasteiger partial charge is 0.307 e. The average Bonchev–Trinajstić information content (AvgIpc) is 2.05. The Bertz CT molecular complexity index is 118. The van der Waals surface area contributed by atoms with E-state index in [0.717, 1.165) is 6.42 Å². The normalized spacial score (nSPS) is 9.25. The molecule has 3 N–H and O–H groups in total. The third kappa shape index (κ3) is 22.9. The molecule has 0 radical (unpaired) electrons. The molecule has 0 heterocycles. The molecule has 0 spiro atoms. The molecule has 0 fully saturated rings. The molecule has 0 aliphatic carbocycles. The molecule has 0 aromatic carbocycles. The summed E-state index contributed by atoms with van der Waals surface area (Å²) in [7, 11) is 0. The summed E-state index contributed by atoms with van der Waals surface area (Å²) in [6.07, 6.45) is 4.55. The number of aliphatic hydroxyl groups excluding tert-OH is 2. The van der Waals surface area contributed by atoms with E-state index in [2.05, 4.69) is 0 Å². The molecule has 0 aliphatic rings. The molecule has 0 aromatic heterocycles. The molecule has 0 saturated carbocycles. The van der Waals surface area contributed by atoms with Crippen molar-refractivity contribution >= 4 is 5.97 Å². The Morgan fingerprint density at radius 1 is 1.25 bits per heavy atom. The van der Waals surface area contributed by atoms with Gasteiger partial charge < -0.3 is 15.3 Å². The van der Waals surface area contributed by atoms with Gasteiger partial charge in [-0.25, -0.2) is 0 Å². The van der Waals surface area contributed by atoms with Crippen LogP contribution in [0.3, 0.4) is 0 Å². The van der Waals surface area contributed by atoms with E-state index >= 15 is 0 Å². The summed E-state index contributed by atoms with van der Waals surface area (Å²) in [6, 6.07) is 0. The van der Waals surface area contributed by atoms with E-state index < -0.39 is 5.97 Å². The van der Waals surface area contributed by atoms with Gasteiger partial charge in [0.2, 0.25) is 0 Å². The first-order valence-corrected chi connectivity index (χ1v) is 3.77. The number of allylic oxidation sites excluding steroid dienone is 1. The monoisotopic (exact) mass is 176 g/mol. The van der Waals surface area contributed by atoms with Crippen LogP contribution in [0.4, 0.5) is 0 Å². The van der Waals surface area contributed by atoms with Crippen LogP contribution in [0.2, 0.25) is 0 Å². The van der Waals surface area contributed by atoms with Gasteiger partial charge in [-0.1, -0.05) is 19.1 Å². The van der Waals surface area contributed by atoms with Gasteiger partial charge in [0.1, 0.15) is 0 Å². The van der Waals surface area contributed by atoms with E-state index in [9.17, 15) is 4.79 Å². The number of carbonyl (C=O) groups is 1. The standard InChI is InChI=1S/C6H10O2.C2H6O2/c1-2-3-4-5-6(7)8;3-1-2-4/h3-4H,2,5H2,1H3,(H,7,8);3-4H,1-2H2/b4-3-;. The van der Waals surface area contributed by atoms with Gasteiger partial charge in [0.05, 0.1) is 19.6 Å². The SMILES string of the molecule is CC/C=C\CC(=O)O.OCCO. The van der Waals surface area contributed by atoms with Crippen molar-refractivity contribution in [2.45, 2.75) is 19.8 Å². The van der Waals surface area contributed by atoms with Crippen LogP contribution in [-0.2, 0) is 4.79 Å². The fourth-order valence-electron chi connectivity index (χ4n) is 0.351. The Morgan fingerprint density at radius 3 is 2.00 bits per heavy atom. The second-order valence-corrected chi connectivity index (χ2v) is 1.92. The molecule has 4 heteroatoms. The Morgan fingerprint density at radius 2 is 1.75 bits per heavy atom. The fraction of sp³-hybridized carbons (Fsp3) is 0.625. The second-order valence-electron chi connectivity index (χ2n) is 1.92. The van der Waals surface area contributed by atoms with Crippen molar-refractivity contribution in [3.8, 4) is 0 Å². The predicted molar refractivity (Wildman–Crippen MR) is 45.9 cm³/mol. The third-order valence-corrected chi connectivity index (χ3v) is 0.795. The van der Waals surface area contributed by atoms with Crippen molar-refractivity contribution in [1.82, 2.24) is 0 Å². The molecule has 0 rings (SSSR count). The van der Waals surface area contributed by atoms with E-state index in [4.69, 9.17) is 15.3 Å². The highest BCUT2D eigenvalue weighted by molar-refractivity contribution is 5.68. The highest BCUT2D eigenvalue weighted by atomic mass is 16.4. The van der Waals surface area contributed by atoms with Gasteiger partial charge in [-0.2, -0.15) is 0 Å². The number of hydrogen-bond donors (Lipinski definition) is 3. The van der Waals surface area contributed by atoms with Gasteiger partial charge in [0.15, 0.2) is 0 Å². The molecule has 0 saturated heterocycles. The first-order valence-electron chi connectivity index (χ1n) is 3.77. The van der Waals surface area contributed by atoms with Crippen LogP contribution in [0.1, 0.15) is 19.8 Å². The minimum atomic E-state index is -0.769. The Balaban J connectivity index is 0. The van der Waals surface area contributed by atoms with E-state index in [0.29, 0.717) is 0 Å². The fourth-order valence-corrected chi connectivity index (χ4v) is 0.351. The van der Waals surface area contributed by atoms with Crippen LogP contribution in [0.15, 0.2) is 12.2 Å². The lowest BCUT2D eigenvalue weighted by Crippen LogP contribution is -1.89. The van der Waals surface area contributed by atoms with Crippen LogP contribution >= 0.6 is 0 Å². The summed E-state index contributed by atoms with van der Waals surface area (Å²) >= 11 is 0. The van der Waals surface area contributed by atoms with Crippen molar-refractivity contribution in [3.63, 3.8) is 0 Å². The van der Waals surface area contributed by atoms with E-state index in [1.165, 1.54) is 0 Å². The summed E-state index contributed by atoms with van der Waals surface area (Å²) in [5.74, 6) is -0.769. The summed E-state index contributed by atoms with van der Waals surface area (Å²) in [5, 5.41) is 23.3. The minimum Gasteiger partial charge on any atom is -0.481 e. The third-order valence-electron chi connectivity index (χ3n) is 0.795. The average molecular weight is 176 g/mol. The lowest BCUT2D eigenvalue weighted by Gasteiger charge is -1.80. The minimum absolute atomic E-state index is 0.125. The van der Waals surface area contributed by atoms with E-state index in [1.807, 2.05) is 13.0 Å². The number of rotatable bonds is 4. The molecule has 0 atom stereocenters. The molecule has 0 amide bonds. The molecule has 0 aliphatic heterocycles. The highest BCUT2D eigenvalue weighted by Gasteiger charge is 1.86. The second kappa shape index (κ2) is 12.8. The summed E-state index contributed by atoms with van der Waals surface area (Å²) < 4.78 is 0. The maximum Gasteiger partial charge on any atom is 0.307 e. The number of aliphatic hydroxyl groups is 2. The van der Waals surface area contributed by atoms with Crippen molar-refractivity contribution in [2.24, 2.45) is 0 Å². The van der Waals surface area contributed by atoms with Gasteiger partial charge >= 0.3 is 5.97 Å². The molecule has 0 unspecified atom stereocenters. The number of aliphatic carboxylic acids is 1. The molecular weight excluding hydrogens is 160 g/mol. The van der Waals surface area contributed by atoms with Gasteiger partial charge in [0.25, 0.3) is 0 Å². The first kappa shape index (κ1) is 13.7. The van der Waals surface area contributed by atoms with Gasteiger partial charge in [-0.15, -0.1) is 0 Å². The van der Waals surface area contributed by atoms with Crippen LogP contribution < -0.4 is 0 Å². The zero-order valence-corrected chi connectivity index (χ0v) is 7.23. The van der Waals surface area contributed by atoms with Crippen LogP contribution in [0, 0.1) is 0 Å². The van der Waals surface area contributed by atoms with Crippen molar-refractivity contribution in [2.75, 3.05) is 13.2 Å². The molecule has 12 heavy (non-hydrogen) atoms. The van der Waals surface area contributed by atoms with Gasteiger partial charge in [-0.05, 0) is 6.42 Å². The van der Waals surface area contributed by atoms with Gasteiger partial charge in [0, 0.05) is 0 Å². The van der Waals surface area contributed by atoms with Crippen molar-refractivity contribution < 1.29 is 20.1 Å². The molecule has 0 bridgehead atoms. The van der Waals surface area contributed by atoms with E-state index in [1.54, 1.807) is 6.08 Å². The van der Waals surface area contributed by atoms with Gasteiger partial charge in [-0.3, -0.25) is 4.79 Å². The zero-order valence-electron chi connectivity index (χ0n) is 7.23. The Hall–Kier alpha value is -0.870. The van der Waals surface area contributed by atoms with Crippen LogP contribution in [0.25, 0.3) is 0 Å². The largest absolute Gasteiger partial charge is 0.481 e. The highest BCUT2D eigenvalue weighted by Crippen LogP contribution is 1.84. The molecule has 0 aromatic rings. The maximum absolute atomic E-state index is 9.82. The zero-order chi connectivity index (χ0) is 9.82. The predicted octanol–water partition coefficient (Wildman–Crippen LogP) is 0.398. The molecular formula is C8H16O4. The van der Waals surface area contributed by atoms with Crippen LogP contribution in [0.5, 0.6) is 0 Å². The Kier molecular flexibility index (Phi) is 14.6. The Labute approximate surface area is 72.2 Å². The van der Waals surface area contributed by atoms with Crippen LogP contribution in [-0.4, -0.2) is 34.5 Å². The number of hydrogen-bond acceptors (Lipinski definition) is 3. The summed E-state index contributed by atoms with van der Waals surface area (Å²) in [4.78, 5) is 9.82. The lowest BCUT2D eigenvalue weighted by atomic mass is 10.3. The maximum atomic E-state index is 9.82. The summed E-state index contributed by atoms with van der Waals surface area (Å²) in [6.45, 7) is 1.72. The first-order chi connectivity index (χ1) is 5.68. The van der Waals surface area contributed by atoms with Crippen molar-refractivity contribution in [1.29, 1.82) is 0 Å². The van der Waals surface area contributed by atoms with Crippen molar-refractivity contribution in [3.05, 3.63) is 12.2 Å². The summed E-state index contributed by atoms with van der Waals surface area (Å²) in [5.41, 5.74) is 0. The van der Waals surface area contributed by atoms with E-state index in [-0.39, 0.29) is 19.6 Å². The molecule has 72 valence electrons.